The molecule has 1 aromatic carbocycles. The topological polar surface area (TPSA) is 105 Å². The van der Waals surface area contributed by atoms with Crippen LogP contribution in [0.3, 0.4) is 0 Å². The van der Waals surface area contributed by atoms with Crippen LogP contribution in [0.15, 0.2) is 51.9 Å². The molecule has 1 aliphatic carbocycles. The fourth-order valence-corrected chi connectivity index (χ4v) is 4.20. The monoisotopic (exact) mass is 471 g/mol. The van der Waals surface area contributed by atoms with Crippen LogP contribution in [0.1, 0.15) is 19.2 Å². The first-order valence-corrected chi connectivity index (χ1v) is 10.3. The molecule has 0 saturated carbocycles. The maximum atomic E-state index is 13.3. The van der Waals surface area contributed by atoms with E-state index in [1.165, 1.54) is 14.2 Å². The average Bonchev–Trinajstić information content (AvgIpc) is 2.74. The van der Waals surface area contributed by atoms with Gasteiger partial charge in [-0.05, 0) is 37.3 Å². The van der Waals surface area contributed by atoms with Gasteiger partial charge in [0, 0.05) is 17.6 Å². The van der Waals surface area contributed by atoms with Crippen LogP contribution >= 0.6 is 23.2 Å². The highest BCUT2D eigenvalue weighted by Gasteiger charge is 2.21. The van der Waals surface area contributed by atoms with E-state index < -0.39 is 5.56 Å². The zero-order valence-electron chi connectivity index (χ0n) is 17.5. The van der Waals surface area contributed by atoms with Crippen molar-refractivity contribution in [3.8, 4) is 11.1 Å². The number of hydrogen-bond acceptors (Lipinski definition) is 7. The van der Waals surface area contributed by atoms with Gasteiger partial charge in [0.25, 0.3) is 5.56 Å². The van der Waals surface area contributed by atoms with Gasteiger partial charge in [0.2, 0.25) is 0 Å². The van der Waals surface area contributed by atoms with Gasteiger partial charge in [-0.25, -0.2) is 9.97 Å². The van der Waals surface area contributed by atoms with Crippen molar-refractivity contribution in [3.05, 3.63) is 68.2 Å². The van der Waals surface area contributed by atoms with Crippen LogP contribution in [0.4, 0.5) is 5.82 Å². The van der Waals surface area contributed by atoms with Gasteiger partial charge in [0.1, 0.15) is 20.0 Å². The Morgan fingerprint density at radius 1 is 1.16 bits per heavy atom. The normalized spacial score (nSPS) is 15.0. The number of benzene rings is 1. The Kier molecular flexibility index (Phi) is 5.90. The summed E-state index contributed by atoms with van der Waals surface area (Å²) in [6.07, 6.45) is 4.23. The van der Waals surface area contributed by atoms with E-state index in [0.29, 0.717) is 33.2 Å². The van der Waals surface area contributed by atoms with Crippen molar-refractivity contribution >= 4 is 51.3 Å². The summed E-state index contributed by atoms with van der Waals surface area (Å²) in [5.41, 5.74) is 9.21. The van der Waals surface area contributed by atoms with E-state index in [-0.39, 0.29) is 17.0 Å². The lowest BCUT2D eigenvalue weighted by molar-refractivity contribution is 0.168. The molecule has 10 heteroatoms. The molecule has 0 unspecified atom stereocenters. The van der Waals surface area contributed by atoms with Crippen LogP contribution in [-0.2, 0) is 4.84 Å². The smallest absolute Gasteiger partial charge is 0.293 e. The number of nitrogen functional groups attached to an aromatic ring is 1. The molecule has 0 radical (unpaired) electrons. The molecule has 0 spiro atoms. The number of allylic oxidation sites excluding steroid dienone is 4. The number of nitrogens with two attached hydrogens (primary N) is 1. The van der Waals surface area contributed by atoms with Crippen LogP contribution in [0.5, 0.6) is 0 Å². The van der Waals surface area contributed by atoms with E-state index in [1.54, 1.807) is 24.3 Å². The van der Waals surface area contributed by atoms with Crippen LogP contribution in [-0.4, -0.2) is 34.6 Å². The summed E-state index contributed by atoms with van der Waals surface area (Å²) in [6.45, 7) is 1.94. The van der Waals surface area contributed by atoms with Crippen molar-refractivity contribution in [2.45, 2.75) is 13.3 Å². The SMILES string of the molecule is CON=C1C=CC(c2nc(N)c3cc(-c4c(Cl)cccc4Cl)c(=O)n(OC)c3n2)=C(C)C1. The van der Waals surface area contributed by atoms with E-state index in [1.807, 2.05) is 19.1 Å². The van der Waals surface area contributed by atoms with Crippen LogP contribution in [0, 0.1) is 0 Å². The summed E-state index contributed by atoms with van der Waals surface area (Å²) in [6, 6.07) is 6.58. The molecule has 0 fully saturated rings. The second-order valence-electron chi connectivity index (χ2n) is 7.08. The number of pyridine rings is 1. The Hall–Kier alpha value is -3.36. The van der Waals surface area contributed by atoms with Crippen molar-refractivity contribution in [2.24, 2.45) is 5.16 Å². The van der Waals surface area contributed by atoms with E-state index in [2.05, 4.69) is 15.1 Å². The largest absolute Gasteiger partial charge is 0.412 e. The predicted octanol–water partition coefficient (Wildman–Crippen LogP) is 4.14. The molecule has 164 valence electrons. The first-order chi connectivity index (χ1) is 15.3. The van der Waals surface area contributed by atoms with Gasteiger partial charge in [0.15, 0.2) is 11.5 Å². The molecule has 32 heavy (non-hydrogen) atoms. The number of anilines is 1. The lowest BCUT2D eigenvalue weighted by Crippen LogP contribution is -2.28. The van der Waals surface area contributed by atoms with E-state index in [9.17, 15) is 4.79 Å². The van der Waals surface area contributed by atoms with Crippen molar-refractivity contribution in [1.82, 2.24) is 14.7 Å². The molecule has 4 rings (SSSR count). The van der Waals surface area contributed by atoms with Gasteiger partial charge in [-0.1, -0.05) is 40.0 Å². The van der Waals surface area contributed by atoms with Crippen molar-refractivity contribution in [3.63, 3.8) is 0 Å². The number of aromatic nitrogens is 3. The number of fused-ring (bicyclic) bond motifs is 1. The molecule has 0 aliphatic heterocycles. The number of halogens is 2. The van der Waals surface area contributed by atoms with Gasteiger partial charge >= 0.3 is 0 Å². The van der Waals surface area contributed by atoms with E-state index in [4.69, 9.17) is 38.6 Å². The molecule has 8 nitrogen and oxygen atoms in total. The third kappa shape index (κ3) is 3.72. The summed E-state index contributed by atoms with van der Waals surface area (Å²) in [5, 5.41) is 5.05. The standard InChI is InChI=1S/C22H19Cl2N5O3/c1-11-9-12(28-31-2)7-8-13(11)20-26-19(25)15-10-14(18-16(23)5-4-6-17(18)24)22(30)29(32-3)21(15)27-20/h4-8,10H,9H2,1-3H3,(H2,25,26,27). The highest BCUT2D eigenvalue weighted by Crippen LogP contribution is 2.35. The van der Waals surface area contributed by atoms with E-state index in [0.717, 1.165) is 21.6 Å². The number of hydrogen-bond donors (Lipinski definition) is 1. The zero-order valence-corrected chi connectivity index (χ0v) is 19.0. The third-order valence-electron chi connectivity index (χ3n) is 5.06. The number of rotatable bonds is 4. The first kappa shape index (κ1) is 21.9. The molecule has 1 aliphatic rings. The third-order valence-corrected chi connectivity index (χ3v) is 5.69. The lowest BCUT2D eigenvalue weighted by Gasteiger charge is -2.16. The minimum Gasteiger partial charge on any atom is -0.412 e. The molecule has 0 amide bonds. The molecular weight excluding hydrogens is 453 g/mol. The van der Waals surface area contributed by atoms with Gasteiger partial charge in [-0.2, -0.15) is 0 Å². The summed E-state index contributed by atoms with van der Waals surface area (Å²) in [5.74, 6) is 0.555. The Morgan fingerprint density at radius 3 is 2.50 bits per heavy atom. The van der Waals surface area contributed by atoms with Crippen LogP contribution in [0.2, 0.25) is 10.0 Å². The maximum absolute atomic E-state index is 13.3. The maximum Gasteiger partial charge on any atom is 0.293 e. The van der Waals surface area contributed by atoms with Crippen molar-refractivity contribution < 1.29 is 9.68 Å². The van der Waals surface area contributed by atoms with Gasteiger partial charge in [-0.3, -0.25) is 4.79 Å². The Balaban J connectivity index is 1.95. The quantitative estimate of drug-likeness (QED) is 0.573. The van der Waals surface area contributed by atoms with Gasteiger partial charge < -0.3 is 15.4 Å². The minimum atomic E-state index is -0.474. The lowest BCUT2D eigenvalue weighted by atomic mass is 9.97. The first-order valence-electron chi connectivity index (χ1n) is 9.56. The molecule has 0 saturated heterocycles. The van der Waals surface area contributed by atoms with E-state index >= 15 is 0 Å². The number of nitrogens with zero attached hydrogens (tertiary/aromatic N) is 4. The highest BCUT2D eigenvalue weighted by molar-refractivity contribution is 6.39. The predicted molar refractivity (Wildman–Crippen MR) is 127 cm³/mol. The average molecular weight is 472 g/mol. The van der Waals surface area contributed by atoms with Gasteiger partial charge in [-0.15, -0.1) is 4.73 Å². The van der Waals surface area contributed by atoms with Crippen LogP contribution < -0.4 is 16.1 Å². The molecule has 2 aromatic heterocycles. The fraction of sp³-hybridized carbons (Fsp3) is 0.182. The molecule has 0 bridgehead atoms. The molecule has 2 heterocycles. The van der Waals surface area contributed by atoms with Crippen molar-refractivity contribution in [2.75, 3.05) is 20.0 Å². The summed E-state index contributed by atoms with van der Waals surface area (Å²) >= 11 is 12.7. The Bertz CT molecular complexity index is 1370. The van der Waals surface area contributed by atoms with Crippen LogP contribution in [0.25, 0.3) is 27.7 Å². The zero-order chi connectivity index (χ0) is 23.0. The Morgan fingerprint density at radius 2 is 1.88 bits per heavy atom. The summed E-state index contributed by atoms with van der Waals surface area (Å²) in [7, 11) is 2.87. The molecular formula is C22H19Cl2N5O3. The van der Waals surface area contributed by atoms with Crippen molar-refractivity contribution in [1.29, 1.82) is 0 Å². The fourth-order valence-electron chi connectivity index (χ4n) is 3.60. The Labute approximate surface area is 193 Å². The number of oxime groups is 1. The minimum absolute atomic E-state index is 0.185. The molecule has 2 N–H and O–H groups in total. The summed E-state index contributed by atoms with van der Waals surface area (Å²) in [4.78, 5) is 32.6. The highest BCUT2D eigenvalue weighted by atomic mass is 35.5. The molecule has 0 atom stereocenters. The summed E-state index contributed by atoms with van der Waals surface area (Å²) < 4.78 is 1.06. The second kappa shape index (κ2) is 8.64. The second-order valence-corrected chi connectivity index (χ2v) is 7.89. The molecule has 3 aromatic rings. The van der Waals surface area contributed by atoms with Gasteiger partial charge in [0.05, 0.1) is 26.7 Å².